The average Bonchev–Trinajstić information content (AvgIpc) is 3.51. The summed E-state index contributed by atoms with van der Waals surface area (Å²) < 4.78 is 20.9. The lowest BCUT2D eigenvalue weighted by Crippen LogP contribution is -2.32. The smallest absolute Gasteiger partial charge is 0.166 e. The van der Waals surface area contributed by atoms with Gasteiger partial charge in [-0.2, -0.15) is 0 Å². The van der Waals surface area contributed by atoms with E-state index in [0.29, 0.717) is 17.3 Å². The predicted molar refractivity (Wildman–Crippen MR) is 126 cm³/mol. The van der Waals surface area contributed by atoms with Gasteiger partial charge in [-0.05, 0) is 67.0 Å². The number of nitrogens with zero attached hydrogens (tertiary/aromatic N) is 3. The van der Waals surface area contributed by atoms with Gasteiger partial charge < -0.3 is 15.0 Å². The molecule has 1 saturated carbocycles. The third-order valence-electron chi connectivity index (χ3n) is 7.54. The Balaban J connectivity index is 1.13. The molecule has 2 saturated heterocycles. The number of halogens is 1. The molecule has 0 amide bonds. The number of hydrogen-bond donors (Lipinski definition) is 1. The van der Waals surface area contributed by atoms with Crippen molar-refractivity contribution in [3.05, 3.63) is 41.5 Å². The molecule has 1 aliphatic carbocycles. The van der Waals surface area contributed by atoms with Crippen molar-refractivity contribution in [2.75, 3.05) is 38.2 Å². The number of fused-ring (bicyclic) bond motifs is 2. The summed E-state index contributed by atoms with van der Waals surface area (Å²) in [5.41, 5.74) is 1.13. The van der Waals surface area contributed by atoms with Gasteiger partial charge >= 0.3 is 0 Å². The third kappa shape index (κ3) is 3.91. The van der Waals surface area contributed by atoms with E-state index in [9.17, 15) is 4.39 Å². The van der Waals surface area contributed by atoms with Crippen LogP contribution >= 0.6 is 11.3 Å². The van der Waals surface area contributed by atoms with Crippen molar-refractivity contribution >= 4 is 27.2 Å². The summed E-state index contributed by atoms with van der Waals surface area (Å²) in [6.45, 7) is 5.57. The first-order valence-electron chi connectivity index (χ1n) is 11.8. The highest BCUT2D eigenvalue weighted by molar-refractivity contribution is 7.17. The van der Waals surface area contributed by atoms with Gasteiger partial charge in [0.1, 0.15) is 11.5 Å². The second-order valence-electron chi connectivity index (χ2n) is 9.65. The third-order valence-corrected chi connectivity index (χ3v) is 8.46. The van der Waals surface area contributed by atoms with Crippen LogP contribution in [0, 0.1) is 23.6 Å². The van der Waals surface area contributed by atoms with Crippen LogP contribution in [0.3, 0.4) is 0 Å². The number of thiophene rings is 1. The summed E-state index contributed by atoms with van der Waals surface area (Å²) in [7, 11) is 0. The van der Waals surface area contributed by atoms with Crippen LogP contribution in [0.25, 0.3) is 21.3 Å². The van der Waals surface area contributed by atoms with E-state index in [0.717, 1.165) is 46.9 Å². The highest BCUT2D eigenvalue weighted by atomic mass is 32.1. The summed E-state index contributed by atoms with van der Waals surface area (Å²) in [5.74, 6) is 2.95. The van der Waals surface area contributed by atoms with Crippen molar-refractivity contribution < 1.29 is 9.13 Å². The number of likely N-dealkylation sites (tertiary alicyclic amines) is 1. The van der Waals surface area contributed by atoms with E-state index in [1.54, 1.807) is 23.5 Å². The molecule has 5 nitrogen and oxygen atoms in total. The van der Waals surface area contributed by atoms with E-state index < -0.39 is 0 Å². The number of ether oxygens (including phenoxy) is 1. The molecule has 0 radical (unpaired) electrons. The van der Waals surface area contributed by atoms with E-state index >= 15 is 0 Å². The van der Waals surface area contributed by atoms with Crippen molar-refractivity contribution in [1.82, 2.24) is 15.1 Å². The van der Waals surface area contributed by atoms with E-state index in [2.05, 4.69) is 20.4 Å². The first kappa shape index (κ1) is 20.5. The van der Waals surface area contributed by atoms with Crippen molar-refractivity contribution in [2.45, 2.75) is 31.7 Å². The normalized spacial score (nSPS) is 26.6. The fraction of sp³-hybridized carbons (Fsp3) is 0.520. The van der Waals surface area contributed by atoms with E-state index in [-0.39, 0.29) is 5.82 Å². The monoisotopic (exact) mass is 452 g/mol. The van der Waals surface area contributed by atoms with Gasteiger partial charge in [-0.25, -0.2) is 4.39 Å². The van der Waals surface area contributed by atoms with E-state index in [1.165, 1.54) is 51.4 Å². The summed E-state index contributed by atoms with van der Waals surface area (Å²) in [6, 6.07) is 9.26. The lowest BCUT2D eigenvalue weighted by Gasteiger charge is -2.27. The van der Waals surface area contributed by atoms with Crippen LogP contribution < -0.4 is 5.32 Å². The summed E-state index contributed by atoms with van der Waals surface area (Å²) in [4.78, 5) is 2.70. The highest BCUT2D eigenvalue weighted by Gasteiger charge is 2.41. The Morgan fingerprint density at radius 2 is 1.84 bits per heavy atom. The van der Waals surface area contributed by atoms with Gasteiger partial charge in [0.05, 0.1) is 4.70 Å². The molecule has 3 fully saturated rings. The van der Waals surface area contributed by atoms with Crippen LogP contribution in [-0.4, -0.2) is 54.0 Å². The van der Waals surface area contributed by atoms with Gasteiger partial charge in [0.25, 0.3) is 0 Å². The molecule has 6 rings (SSSR count). The number of anilines is 1. The minimum Gasteiger partial charge on any atom is -0.381 e. The van der Waals surface area contributed by atoms with Crippen molar-refractivity contribution in [2.24, 2.45) is 17.8 Å². The number of hydrogen-bond acceptors (Lipinski definition) is 6. The maximum atomic E-state index is 14.4. The minimum absolute atomic E-state index is 0.260. The maximum absolute atomic E-state index is 14.4. The molecule has 0 bridgehead atoms. The molecule has 7 heteroatoms. The molecule has 2 aliphatic heterocycles. The second kappa shape index (κ2) is 8.69. The molecule has 4 heterocycles. The lowest BCUT2D eigenvalue weighted by atomic mass is 10.00. The van der Waals surface area contributed by atoms with Crippen LogP contribution in [0.4, 0.5) is 10.2 Å². The quantitative estimate of drug-likeness (QED) is 0.587. The Bertz CT molecular complexity index is 1080. The zero-order valence-electron chi connectivity index (χ0n) is 18.2. The largest absolute Gasteiger partial charge is 0.381 e. The van der Waals surface area contributed by atoms with Crippen molar-refractivity contribution in [3.63, 3.8) is 0 Å². The van der Waals surface area contributed by atoms with Gasteiger partial charge in [-0.3, -0.25) is 0 Å². The standard InChI is InChI=1S/C25H29FN4OS/c26-22-4-2-1-3-20(22)23-21-7-10-32-24(21)25(29-28-23)27-19-11-17-14-30(15-18(17)12-19)13-16-5-8-31-9-6-16/h1-4,7,10,16-19H,5-6,8-9,11-15H2,(H,27,29)/t17-,18+,19+. The zero-order chi connectivity index (χ0) is 21.5. The first-order chi connectivity index (χ1) is 15.7. The fourth-order valence-electron chi connectivity index (χ4n) is 5.98. The summed E-state index contributed by atoms with van der Waals surface area (Å²) in [5, 5.41) is 15.7. The molecule has 3 aromatic rings. The van der Waals surface area contributed by atoms with Crippen molar-refractivity contribution in [1.29, 1.82) is 0 Å². The van der Waals surface area contributed by atoms with Crippen LogP contribution in [-0.2, 0) is 4.74 Å². The van der Waals surface area contributed by atoms with Crippen LogP contribution in [0.1, 0.15) is 25.7 Å². The molecule has 32 heavy (non-hydrogen) atoms. The summed E-state index contributed by atoms with van der Waals surface area (Å²) in [6.07, 6.45) is 4.82. The van der Waals surface area contributed by atoms with Gasteiger partial charge in [-0.15, -0.1) is 21.5 Å². The van der Waals surface area contributed by atoms with Gasteiger partial charge in [0.15, 0.2) is 5.82 Å². The maximum Gasteiger partial charge on any atom is 0.166 e. The Morgan fingerprint density at radius 3 is 2.62 bits per heavy atom. The Kier molecular flexibility index (Phi) is 5.57. The molecule has 2 aromatic heterocycles. The number of rotatable bonds is 5. The van der Waals surface area contributed by atoms with Crippen LogP contribution in [0.5, 0.6) is 0 Å². The molecule has 1 N–H and O–H groups in total. The topological polar surface area (TPSA) is 50.3 Å². The molecule has 3 aliphatic rings. The molecule has 0 unspecified atom stereocenters. The molecule has 3 atom stereocenters. The highest BCUT2D eigenvalue weighted by Crippen LogP contribution is 2.41. The van der Waals surface area contributed by atoms with E-state index in [1.807, 2.05) is 17.5 Å². The van der Waals surface area contributed by atoms with E-state index in [4.69, 9.17) is 4.74 Å². The van der Waals surface area contributed by atoms with Crippen molar-refractivity contribution in [3.8, 4) is 11.3 Å². The summed E-state index contributed by atoms with van der Waals surface area (Å²) >= 11 is 1.65. The Labute approximate surface area is 192 Å². The number of aromatic nitrogens is 2. The first-order valence-corrected chi connectivity index (χ1v) is 12.7. The number of benzene rings is 1. The van der Waals surface area contributed by atoms with Crippen LogP contribution in [0.2, 0.25) is 0 Å². The number of nitrogens with one attached hydrogen (secondary N) is 1. The van der Waals surface area contributed by atoms with Gasteiger partial charge in [0.2, 0.25) is 0 Å². The second-order valence-corrected chi connectivity index (χ2v) is 10.6. The molecular weight excluding hydrogens is 423 g/mol. The Hall–Kier alpha value is -2.09. The predicted octanol–water partition coefficient (Wildman–Crippen LogP) is 5.05. The minimum atomic E-state index is -0.260. The van der Waals surface area contributed by atoms with Crippen LogP contribution in [0.15, 0.2) is 35.7 Å². The van der Waals surface area contributed by atoms with Gasteiger partial charge in [0, 0.05) is 49.8 Å². The Morgan fingerprint density at radius 1 is 1.06 bits per heavy atom. The average molecular weight is 453 g/mol. The molecule has 1 aromatic carbocycles. The van der Waals surface area contributed by atoms with Gasteiger partial charge in [-0.1, -0.05) is 12.1 Å². The zero-order valence-corrected chi connectivity index (χ0v) is 19.0. The lowest BCUT2D eigenvalue weighted by molar-refractivity contribution is 0.0545. The molecule has 168 valence electrons. The molecule has 0 spiro atoms. The molecular formula is C25H29FN4OS. The fourth-order valence-corrected chi connectivity index (χ4v) is 6.82. The SMILES string of the molecule is Fc1ccccc1-c1nnc(N[C@H]2C[C@@H]3CN(CC4CCOCC4)C[C@@H]3C2)c2sccc12.